The van der Waals surface area contributed by atoms with Gasteiger partial charge in [0.15, 0.2) is 5.78 Å². The number of rotatable bonds is 5. The largest absolute Gasteiger partial charge is 0.496 e. The van der Waals surface area contributed by atoms with Crippen molar-refractivity contribution in [3.05, 3.63) is 64.7 Å². The number of hydrogen-bond acceptors (Lipinski definition) is 2. The first kappa shape index (κ1) is 15.3. The smallest absolute Gasteiger partial charge is 0.193 e. The highest BCUT2D eigenvalue weighted by molar-refractivity contribution is 6.09. The van der Waals surface area contributed by atoms with Crippen LogP contribution in [-0.2, 0) is 6.42 Å². The van der Waals surface area contributed by atoms with Crippen molar-refractivity contribution in [1.29, 1.82) is 0 Å². The van der Waals surface area contributed by atoms with Gasteiger partial charge >= 0.3 is 0 Å². The van der Waals surface area contributed by atoms with E-state index in [1.54, 1.807) is 7.11 Å². The standard InChI is InChI=1S/C19H22O2/c1-13(2)10-15-6-5-7-16(12-15)19(20)17-8-9-18(21-4)14(3)11-17/h5-9,11-13H,10H2,1-4H3. The summed E-state index contributed by atoms with van der Waals surface area (Å²) in [5, 5.41) is 0. The first-order valence-electron chi connectivity index (χ1n) is 7.29. The summed E-state index contributed by atoms with van der Waals surface area (Å²) in [4.78, 5) is 12.6. The van der Waals surface area contributed by atoms with E-state index in [2.05, 4.69) is 19.9 Å². The van der Waals surface area contributed by atoms with Gasteiger partial charge in [-0.3, -0.25) is 4.79 Å². The van der Waals surface area contributed by atoms with Crippen molar-refractivity contribution >= 4 is 5.78 Å². The molecular formula is C19H22O2. The Kier molecular flexibility index (Phi) is 4.79. The van der Waals surface area contributed by atoms with Gasteiger partial charge in [-0.25, -0.2) is 0 Å². The van der Waals surface area contributed by atoms with Crippen LogP contribution in [0.3, 0.4) is 0 Å². The number of ketones is 1. The average Bonchev–Trinajstić information content (AvgIpc) is 2.46. The summed E-state index contributed by atoms with van der Waals surface area (Å²) in [6, 6.07) is 13.5. The number of benzene rings is 2. The van der Waals surface area contributed by atoms with Gasteiger partial charge in [-0.15, -0.1) is 0 Å². The molecule has 0 aromatic heterocycles. The number of carbonyl (C=O) groups is 1. The monoisotopic (exact) mass is 282 g/mol. The van der Waals surface area contributed by atoms with E-state index in [1.807, 2.05) is 43.3 Å². The quantitative estimate of drug-likeness (QED) is 0.758. The van der Waals surface area contributed by atoms with Crippen molar-refractivity contribution in [3.63, 3.8) is 0 Å². The van der Waals surface area contributed by atoms with Crippen molar-refractivity contribution in [2.24, 2.45) is 5.92 Å². The Bertz CT molecular complexity index is 642. The Morgan fingerprint density at radius 3 is 2.43 bits per heavy atom. The Morgan fingerprint density at radius 2 is 1.81 bits per heavy atom. The number of ether oxygens (including phenoxy) is 1. The number of hydrogen-bond donors (Lipinski definition) is 0. The molecule has 0 spiro atoms. The molecule has 0 saturated heterocycles. The van der Waals surface area contributed by atoms with Gasteiger partial charge in [0.1, 0.15) is 5.75 Å². The number of carbonyl (C=O) groups excluding carboxylic acids is 1. The highest BCUT2D eigenvalue weighted by Crippen LogP contribution is 2.21. The minimum absolute atomic E-state index is 0.0614. The van der Waals surface area contributed by atoms with E-state index in [0.29, 0.717) is 11.5 Å². The molecule has 0 aliphatic rings. The highest BCUT2D eigenvalue weighted by Gasteiger charge is 2.11. The van der Waals surface area contributed by atoms with Crippen molar-refractivity contribution in [2.75, 3.05) is 7.11 Å². The fraction of sp³-hybridized carbons (Fsp3) is 0.316. The van der Waals surface area contributed by atoms with Gasteiger partial charge in [-0.2, -0.15) is 0 Å². The molecule has 0 radical (unpaired) electrons. The van der Waals surface area contributed by atoms with E-state index >= 15 is 0 Å². The van der Waals surface area contributed by atoms with Crippen LogP contribution in [0.1, 0.15) is 40.9 Å². The minimum Gasteiger partial charge on any atom is -0.496 e. The molecule has 2 rings (SSSR count). The molecule has 0 heterocycles. The Morgan fingerprint density at radius 1 is 1.10 bits per heavy atom. The number of methoxy groups -OCH3 is 1. The van der Waals surface area contributed by atoms with Gasteiger partial charge in [0.25, 0.3) is 0 Å². The van der Waals surface area contributed by atoms with Crippen LogP contribution in [0.2, 0.25) is 0 Å². The second kappa shape index (κ2) is 6.57. The van der Waals surface area contributed by atoms with E-state index in [4.69, 9.17) is 4.74 Å². The zero-order chi connectivity index (χ0) is 15.4. The lowest BCUT2D eigenvalue weighted by atomic mass is 9.96. The lowest BCUT2D eigenvalue weighted by molar-refractivity contribution is 0.103. The van der Waals surface area contributed by atoms with Crippen LogP contribution < -0.4 is 4.74 Å². The zero-order valence-electron chi connectivity index (χ0n) is 13.1. The van der Waals surface area contributed by atoms with Crippen molar-refractivity contribution in [1.82, 2.24) is 0 Å². The van der Waals surface area contributed by atoms with Crippen molar-refractivity contribution < 1.29 is 9.53 Å². The third kappa shape index (κ3) is 3.72. The Labute approximate surface area is 126 Å². The van der Waals surface area contributed by atoms with Crippen molar-refractivity contribution in [2.45, 2.75) is 27.2 Å². The lowest BCUT2D eigenvalue weighted by Gasteiger charge is -2.09. The van der Waals surface area contributed by atoms with Crippen LogP contribution in [0.5, 0.6) is 5.75 Å². The predicted octanol–water partition coefficient (Wildman–Crippen LogP) is 4.43. The Balaban J connectivity index is 2.29. The first-order valence-corrected chi connectivity index (χ1v) is 7.29. The Hall–Kier alpha value is -2.09. The molecule has 0 amide bonds. The van der Waals surface area contributed by atoms with Crippen LogP contribution in [-0.4, -0.2) is 12.9 Å². The summed E-state index contributed by atoms with van der Waals surface area (Å²) < 4.78 is 5.24. The third-order valence-corrected chi connectivity index (χ3v) is 3.49. The molecule has 0 saturated carbocycles. The highest BCUT2D eigenvalue weighted by atomic mass is 16.5. The third-order valence-electron chi connectivity index (χ3n) is 3.49. The van der Waals surface area contributed by atoms with Crippen LogP contribution in [0.25, 0.3) is 0 Å². The fourth-order valence-electron chi connectivity index (χ4n) is 2.50. The molecule has 2 nitrogen and oxygen atoms in total. The molecule has 0 aliphatic carbocycles. The zero-order valence-corrected chi connectivity index (χ0v) is 13.1. The summed E-state index contributed by atoms with van der Waals surface area (Å²) in [6.07, 6.45) is 0.989. The van der Waals surface area contributed by atoms with E-state index in [0.717, 1.165) is 23.3 Å². The van der Waals surface area contributed by atoms with Crippen molar-refractivity contribution in [3.8, 4) is 5.75 Å². The maximum absolute atomic E-state index is 12.6. The van der Waals surface area contributed by atoms with E-state index in [1.165, 1.54) is 5.56 Å². The minimum atomic E-state index is 0.0614. The molecule has 2 heteroatoms. The molecule has 21 heavy (non-hydrogen) atoms. The predicted molar refractivity (Wildman–Crippen MR) is 86.1 cm³/mol. The molecular weight excluding hydrogens is 260 g/mol. The van der Waals surface area contributed by atoms with E-state index in [-0.39, 0.29) is 5.78 Å². The van der Waals surface area contributed by atoms with Gasteiger partial charge < -0.3 is 4.74 Å². The van der Waals surface area contributed by atoms with E-state index in [9.17, 15) is 4.79 Å². The molecule has 0 N–H and O–H groups in total. The van der Waals surface area contributed by atoms with Gasteiger partial charge in [0, 0.05) is 11.1 Å². The van der Waals surface area contributed by atoms with Crippen LogP contribution in [0.4, 0.5) is 0 Å². The summed E-state index contributed by atoms with van der Waals surface area (Å²) in [5.74, 6) is 1.45. The molecule has 0 aliphatic heterocycles. The summed E-state index contributed by atoms with van der Waals surface area (Å²) in [5.41, 5.74) is 3.63. The fourth-order valence-corrected chi connectivity index (χ4v) is 2.50. The van der Waals surface area contributed by atoms with Gasteiger partial charge in [0.2, 0.25) is 0 Å². The van der Waals surface area contributed by atoms with Crippen LogP contribution >= 0.6 is 0 Å². The molecule has 0 fully saturated rings. The first-order chi connectivity index (χ1) is 10.0. The summed E-state index contributed by atoms with van der Waals surface area (Å²) in [7, 11) is 1.64. The molecule has 0 bridgehead atoms. The lowest BCUT2D eigenvalue weighted by Crippen LogP contribution is -2.04. The SMILES string of the molecule is COc1ccc(C(=O)c2cccc(CC(C)C)c2)cc1C. The van der Waals surface area contributed by atoms with Gasteiger partial charge in [-0.05, 0) is 54.7 Å². The van der Waals surface area contributed by atoms with Gasteiger partial charge in [0.05, 0.1) is 7.11 Å². The summed E-state index contributed by atoms with van der Waals surface area (Å²) in [6.45, 7) is 6.31. The molecule has 0 unspecified atom stereocenters. The topological polar surface area (TPSA) is 26.3 Å². The van der Waals surface area contributed by atoms with E-state index < -0.39 is 0 Å². The second-order valence-corrected chi connectivity index (χ2v) is 5.81. The average molecular weight is 282 g/mol. The second-order valence-electron chi connectivity index (χ2n) is 5.81. The van der Waals surface area contributed by atoms with Crippen LogP contribution in [0, 0.1) is 12.8 Å². The maximum atomic E-state index is 12.6. The maximum Gasteiger partial charge on any atom is 0.193 e. The van der Waals surface area contributed by atoms with Gasteiger partial charge in [-0.1, -0.05) is 32.0 Å². The van der Waals surface area contributed by atoms with Crippen LogP contribution in [0.15, 0.2) is 42.5 Å². The molecule has 110 valence electrons. The molecule has 2 aromatic carbocycles. The molecule has 2 aromatic rings. The number of aryl methyl sites for hydroxylation is 1. The normalized spacial score (nSPS) is 10.7. The summed E-state index contributed by atoms with van der Waals surface area (Å²) >= 11 is 0. The molecule has 0 atom stereocenters.